The number of aryl methyl sites for hydroxylation is 2. The fourth-order valence-corrected chi connectivity index (χ4v) is 1.37. The fraction of sp³-hybridized carbons (Fsp3) is 0.364. The van der Waals surface area contributed by atoms with Gasteiger partial charge in [0.15, 0.2) is 0 Å². The Bertz CT molecular complexity index is 350. The van der Waals surface area contributed by atoms with Crippen LogP contribution in [-0.4, -0.2) is 6.61 Å². The summed E-state index contributed by atoms with van der Waals surface area (Å²) in [6.07, 6.45) is 0. The highest BCUT2D eigenvalue weighted by Gasteiger charge is 2.06. The van der Waals surface area contributed by atoms with Gasteiger partial charge in [-0.1, -0.05) is 6.07 Å². The quantitative estimate of drug-likeness (QED) is 0.692. The predicted octanol–water partition coefficient (Wildman–Crippen LogP) is 2.57. The van der Waals surface area contributed by atoms with Crippen molar-refractivity contribution >= 4 is 0 Å². The SMILES string of the molecule is CCOc1c(C)cc(C)cc1C#N. The van der Waals surface area contributed by atoms with E-state index >= 15 is 0 Å². The second-order valence-corrected chi connectivity index (χ2v) is 3.00. The van der Waals surface area contributed by atoms with Crippen molar-refractivity contribution in [3.8, 4) is 11.8 Å². The number of nitriles is 1. The average molecular weight is 175 g/mol. The molecule has 2 nitrogen and oxygen atoms in total. The highest BCUT2D eigenvalue weighted by Crippen LogP contribution is 2.24. The van der Waals surface area contributed by atoms with Crippen LogP contribution in [0.25, 0.3) is 0 Å². The number of nitrogens with zero attached hydrogens (tertiary/aromatic N) is 1. The largest absolute Gasteiger partial charge is 0.492 e. The van der Waals surface area contributed by atoms with Gasteiger partial charge in [-0.05, 0) is 38.0 Å². The van der Waals surface area contributed by atoms with Crippen molar-refractivity contribution in [2.24, 2.45) is 0 Å². The molecule has 0 aliphatic carbocycles. The summed E-state index contributed by atoms with van der Waals surface area (Å²) in [6.45, 7) is 6.45. The molecular weight excluding hydrogens is 162 g/mol. The summed E-state index contributed by atoms with van der Waals surface area (Å²) in [4.78, 5) is 0. The van der Waals surface area contributed by atoms with Crippen molar-refractivity contribution in [2.75, 3.05) is 6.61 Å². The molecule has 0 fully saturated rings. The minimum absolute atomic E-state index is 0.596. The number of benzene rings is 1. The number of hydrogen-bond donors (Lipinski definition) is 0. The van der Waals surface area contributed by atoms with E-state index in [4.69, 9.17) is 10.00 Å². The van der Waals surface area contributed by atoms with Crippen LogP contribution >= 0.6 is 0 Å². The maximum absolute atomic E-state index is 8.86. The number of rotatable bonds is 2. The Labute approximate surface area is 78.8 Å². The van der Waals surface area contributed by atoms with E-state index in [1.165, 1.54) is 0 Å². The first-order chi connectivity index (χ1) is 6.19. The lowest BCUT2D eigenvalue weighted by atomic mass is 10.1. The maximum atomic E-state index is 8.86. The second-order valence-electron chi connectivity index (χ2n) is 3.00. The summed E-state index contributed by atoms with van der Waals surface area (Å²) < 4.78 is 5.39. The second kappa shape index (κ2) is 3.95. The summed E-state index contributed by atoms with van der Waals surface area (Å²) in [7, 11) is 0. The lowest BCUT2D eigenvalue weighted by molar-refractivity contribution is 0.337. The zero-order chi connectivity index (χ0) is 9.84. The van der Waals surface area contributed by atoms with Gasteiger partial charge in [0.1, 0.15) is 11.8 Å². The molecule has 13 heavy (non-hydrogen) atoms. The highest BCUT2D eigenvalue weighted by atomic mass is 16.5. The molecule has 2 heteroatoms. The molecular formula is C11H13NO. The van der Waals surface area contributed by atoms with Gasteiger partial charge in [0, 0.05) is 0 Å². The van der Waals surface area contributed by atoms with Crippen LogP contribution in [0, 0.1) is 25.2 Å². The standard InChI is InChI=1S/C11H13NO/c1-4-13-11-9(3)5-8(2)6-10(11)7-12/h5-6H,4H2,1-3H3. The van der Waals surface area contributed by atoms with Crippen LogP contribution in [0.5, 0.6) is 5.75 Å². The lowest BCUT2D eigenvalue weighted by Crippen LogP contribution is -1.97. The third-order valence-electron chi connectivity index (χ3n) is 1.83. The Hall–Kier alpha value is -1.49. The molecule has 1 aromatic rings. The first kappa shape index (κ1) is 9.60. The molecule has 68 valence electrons. The number of hydrogen-bond acceptors (Lipinski definition) is 2. The molecule has 0 bridgehead atoms. The van der Waals surface area contributed by atoms with Gasteiger partial charge >= 0.3 is 0 Å². The van der Waals surface area contributed by atoms with E-state index in [9.17, 15) is 0 Å². The van der Waals surface area contributed by atoms with E-state index < -0.39 is 0 Å². The van der Waals surface area contributed by atoms with E-state index in [-0.39, 0.29) is 0 Å². The van der Waals surface area contributed by atoms with Gasteiger partial charge in [-0.25, -0.2) is 0 Å². The third-order valence-corrected chi connectivity index (χ3v) is 1.83. The van der Waals surface area contributed by atoms with Gasteiger partial charge in [0.05, 0.1) is 12.2 Å². The molecule has 0 unspecified atom stereocenters. The summed E-state index contributed by atoms with van der Waals surface area (Å²) in [5.74, 6) is 0.718. The molecule has 1 aromatic carbocycles. The van der Waals surface area contributed by atoms with E-state index in [1.807, 2.05) is 32.9 Å². The molecule has 0 atom stereocenters. The van der Waals surface area contributed by atoms with Gasteiger partial charge in [-0.15, -0.1) is 0 Å². The monoisotopic (exact) mass is 175 g/mol. The average Bonchev–Trinajstić information content (AvgIpc) is 2.09. The van der Waals surface area contributed by atoms with Crippen LogP contribution in [0.3, 0.4) is 0 Å². The summed E-state index contributed by atoms with van der Waals surface area (Å²) in [5, 5.41) is 8.86. The van der Waals surface area contributed by atoms with E-state index in [0.29, 0.717) is 12.2 Å². The molecule has 0 aliphatic rings. The Balaban J connectivity index is 3.23. The number of ether oxygens (including phenoxy) is 1. The molecule has 0 amide bonds. The van der Waals surface area contributed by atoms with Crippen LogP contribution in [0.15, 0.2) is 12.1 Å². The Morgan fingerprint density at radius 2 is 2.08 bits per heavy atom. The van der Waals surface area contributed by atoms with Crippen molar-refractivity contribution in [2.45, 2.75) is 20.8 Å². The highest BCUT2D eigenvalue weighted by molar-refractivity contribution is 5.50. The van der Waals surface area contributed by atoms with E-state index in [2.05, 4.69) is 6.07 Å². The van der Waals surface area contributed by atoms with Crippen molar-refractivity contribution < 1.29 is 4.74 Å². The fourth-order valence-electron chi connectivity index (χ4n) is 1.37. The Morgan fingerprint density at radius 1 is 1.38 bits per heavy atom. The van der Waals surface area contributed by atoms with E-state index in [1.54, 1.807) is 0 Å². The molecule has 0 radical (unpaired) electrons. The van der Waals surface area contributed by atoms with Crippen molar-refractivity contribution in [3.63, 3.8) is 0 Å². The first-order valence-electron chi connectivity index (χ1n) is 4.33. The predicted molar refractivity (Wildman–Crippen MR) is 51.8 cm³/mol. The van der Waals surface area contributed by atoms with Gasteiger partial charge < -0.3 is 4.74 Å². The smallest absolute Gasteiger partial charge is 0.139 e. The third kappa shape index (κ3) is 2.00. The van der Waals surface area contributed by atoms with E-state index in [0.717, 1.165) is 16.9 Å². The normalized spacial score (nSPS) is 9.38. The zero-order valence-electron chi connectivity index (χ0n) is 8.22. The van der Waals surface area contributed by atoms with Gasteiger partial charge in [-0.3, -0.25) is 0 Å². The Morgan fingerprint density at radius 3 is 2.62 bits per heavy atom. The molecule has 0 heterocycles. The van der Waals surface area contributed by atoms with Crippen molar-refractivity contribution in [1.82, 2.24) is 0 Å². The molecule has 0 saturated heterocycles. The van der Waals surface area contributed by atoms with Crippen LogP contribution in [0.4, 0.5) is 0 Å². The topological polar surface area (TPSA) is 33.0 Å². The van der Waals surface area contributed by atoms with Gasteiger partial charge in [0.25, 0.3) is 0 Å². The van der Waals surface area contributed by atoms with Crippen molar-refractivity contribution in [3.05, 3.63) is 28.8 Å². The van der Waals surface area contributed by atoms with Crippen molar-refractivity contribution in [1.29, 1.82) is 5.26 Å². The lowest BCUT2D eigenvalue weighted by Gasteiger charge is -2.09. The molecule has 0 saturated carbocycles. The molecule has 0 spiro atoms. The van der Waals surface area contributed by atoms with Gasteiger partial charge in [0.2, 0.25) is 0 Å². The van der Waals surface area contributed by atoms with Crippen LogP contribution in [0.1, 0.15) is 23.6 Å². The molecule has 0 N–H and O–H groups in total. The summed E-state index contributed by atoms with van der Waals surface area (Å²) in [5.41, 5.74) is 2.75. The minimum atomic E-state index is 0.596. The molecule has 0 aliphatic heterocycles. The summed E-state index contributed by atoms with van der Waals surface area (Å²) >= 11 is 0. The molecule has 1 rings (SSSR count). The van der Waals surface area contributed by atoms with Crippen LogP contribution in [0.2, 0.25) is 0 Å². The maximum Gasteiger partial charge on any atom is 0.139 e. The molecule has 0 aromatic heterocycles. The summed E-state index contributed by atoms with van der Waals surface area (Å²) in [6, 6.07) is 6.00. The zero-order valence-corrected chi connectivity index (χ0v) is 8.22. The Kier molecular flexibility index (Phi) is 2.92. The minimum Gasteiger partial charge on any atom is -0.492 e. The van der Waals surface area contributed by atoms with Gasteiger partial charge in [-0.2, -0.15) is 5.26 Å². The van der Waals surface area contributed by atoms with Crippen LogP contribution < -0.4 is 4.74 Å². The first-order valence-corrected chi connectivity index (χ1v) is 4.33. The van der Waals surface area contributed by atoms with Crippen LogP contribution in [-0.2, 0) is 0 Å².